The van der Waals surface area contributed by atoms with E-state index in [0.717, 1.165) is 5.56 Å². The molecule has 0 aromatic heterocycles. The first kappa shape index (κ1) is 11.9. The number of aryl methyl sites for hydroxylation is 1. The summed E-state index contributed by atoms with van der Waals surface area (Å²) in [6, 6.07) is 5.19. The molecule has 0 aliphatic carbocycles. The molecule has 0 bridgehead atoms. The van der Waals surface area contributed by atoms with Gasteiger partial charge in [-0.15, -0.1) is 0 Å². The van der Waals surface area contributed by atoms with Crippen LogP contribution in [0.15, 0.2) is 12.1 Å². The van der Waals surface area contributed by atoms with Crippen LogP contribution in [0.2, 0.25) is 0 Å². The summed E-state index contributed by atoms with van der Waals surface area (Å²) in [5.74, 6) is -1.05. The molecule has 0 heterocycles. The highest BCUT2D eigenvalue weighted by atomic mass is 16.4. The Morgan fingerprint density at radius 3 is 2.69 bits per heavy atom. The molecule has 0 saturated carbocycles. The molecule has 4 heteroatoms. The smallest absolute Gasteiger partial charge is 0.307 e. The molecule has 0 aliphatic rings. The summed E-state index contributed by atoms with van der Waals surface area (Å²) in [4.78, 5) is 21.5. The van der Waals surface area contributed by atoms with Gasteiger partial charge >= 0.3 is 5.97 Å². The van der Waals surface area contributed by atoms with Gasteiger partial charge in [0.25, 0.3) is 0 Å². The number of nitriles is 1. The SMILES string of the molecule is CCc1cc(C#N)c(CC(=O)O)c(C=O)c1. The van der Waals surface area contributed by atoms with Crippen LogP contribution in [0.4, 0.5) is 0 Å². The van der Waals surface area contributed by atoms with Gasteiger partial charge in [-0.05, 0) is 29.7 Å². The van der Waals surface area contributed by atoms with Crippen LogP contribution in [-0.2, 0) is 17.6 Å². The number of benzene rings is 1. The van der Waals surface area contributed by atoms with E-state index >= 15 is 0 Å². The van der Waals surface area contributed by atoms with Crippen molar-refractivity contribution in [2.24, 2.45) is 0 Å². The first-order chi connectivity index (χ1) is 7.62. The molecule has 1 N–H and O–H groups in total. The summed E-state index contributed by atoms with van der Waals surface area (Å²) in [5, 5.41) is 17.6. The lowest BCUT2D eigenvalue weighted by atomic mass is 9.95. The quantitative estimate of drug-likeness (QED) is 0.776. The van der Waals surface area contributed by atoms with Crippen LogP contribution in [0.3, 0.4) is 0 Å². The number of aldehydes is 1. The second kappa shape index (κ2) is 5.08. The van der Waals surface area contributed by atoms with Crippen molar-refractivity contribution in [1.29, 1.82) is 5.26 Å². The Labute approximate surface area is 93.1 Å². The summed E-state index contributed by atoms with van der Waals surface area (Å²) in [6.07, 6.45) is 0.988. The number of carboxylic acid groups (broad SMARTS) is 1. The van der Waals surface area contributed by atoms with Gasteiger partial charge in [0, 0.05) is 5.56 Å². The number of aliphatic carboxylic acids is 1. The number of carboxylic acids is 1. The summed E-state index contributed by atoms with van der Waals surface area (Å²) in [7, 11) is 0. The molecular formula is C12H11NO3. The normalized spacial score (nSPS) is 9.50. The summed E-state index contributed by atoms with van der Waals surface area (Å²) in [5.41, 5.74) is 1.71. The molecule has 82 valence electrons. The fourth-order valence-corrected chi connectivity index (χ4v) is 1.51. The average Bonchev–Trinajstić information content (AvgIpc) is 2.28. The van der Waals surface area contributed by atoms with E-state index in [2.05, 4.69) is 0 Å². The predicted octanol–water partition coefficient (Wildman–Crippen LogP) is 1.56. The van der Waals surface area contributed by atoms with Crippen LogP contribution in [0.25, 0.3) is 0 Å². The predicted molar refractivity (Wildman–Crippen MR) is 57.3 cm³/mol. The zero-order chi connectivity index (χ0) is 12.1. The summed E-state index contributed by atoms with van der Waals surface area (Å²) in [6.45, 7) is 1.90. The minimum absolute atomic E-state index is 0.267. The van der Waals surface area contributed by atoms with Crippen molar-refractivity contribution in [2.75, 3.05) is 0 Å². The minimum Gasteiger partial charge on any atom is -0.481 e. The summed E-state index contributed by atoms with van der Waals surface area (Å²) < 4.78 is 0. The lowest BCUT2D eigenvalue weighted by molar-refractivity contribution is -0.136. The van der Waals surface area contributed by atoms with E-state index in [1.165, 1.54) is 0 Å². The molecule has 0 aliphatic heterocycles. The Hall–Kier alpha value is -2.15. The molecule has 0 spiro atoms. The minimum atomic E-state index is -1.05. The van der Waals surface area contributed by atoms with Crippen LogP contribution in [0.1, 0.15) is 34.0 Å². The lowest BCUT2D eigenvalue weighted by Gasteiger charge is -2.07. The van der Waals surface area contributed by atoms with Gasteiger partial charge in [0.15, 0.2) is 0 Å². The van der Waals surface area contributed by atoms with E-state index in [1.54, 1.807) is 12.1 Å². The Bertz CT molecular complexity index is 472. The van der Waals surface area contributed by atoms with Crippen LogP contribution >= 0.6 is 0 Å². The Morgan fingerprint density at radius 1 is 1.56 bits per heavy atom. The highest BCUT2D eigenvalue weighted by molar-refractivity contribution is 5.83. The molecule has 1 aromatic rings. The van der Waals surface area contributed by atoms with E-state index < -0.39 is 5.97 Å². The molecule has 0 unspecified atom stereocenters. The fraction of sp³-hybridized carbons (Fsp3) is 0.250. The first-order valence-electron chi connectivity index (χ1n) is 4.85. The molecule has 0 saturated heterocycles. The molecular weight excluding hydrogens is 206 g/mol. The number of carbonyl (C=O) groups is 2. The molecule has 0 fully saturated rings. The van der Waals surface area contributed by atoms with Crippen molar-refractivity contribution >= 4 is 12.3 Å². The molecule has 1 rings (SSSR count). The van der Waals surface area contributed by atoms with Crippen LogP contribution in [0.5, 0.6) is 0 Å². The maximum Gasteiger partial charge on any atom is 0.307 e. The maximum atomic E-state index is 10.8. The molecule has 0 radical (unpaired) electrons. The van der Waals surface area contributed by atoms with E-state index in [-0.39, 0.29) is 12.0 Å². The monoisotopic (exact) mass is 217 g/mol. The number of hydrogen-bond acceptors (Lipinski definition) is 3. The van der Waals surface area contributed by atoms with E-state index in [1.807, 2.05) is 13.0 Å². The van der Waals surface area contributed by atoms with Crippen molar-refractivity contribution in [3.63, 3.8) is 0 Å². The zero-order valence-corrected chi connectivity index (χ0v) is 8.86. The second-order valence-corrected chi connectivity index (χ2v) is 3.36. The molecule has 1 aromatic carbocycles. The van der Waals surface area contributed by atoms with Crippen LogP contribution in [-0.4, -0.2) is 17.4 Å². The average molecular weight is 217 g/mol. The molecule has 0 atom stereocenters. The largest absolute Gasteiger partial charge is 0.481 e. The van der Waals surface area contributed by atoms with E-state index in [9.17, 15) is 9.59 Å². The topological polar surface area (TPSA) is 78.2 Å². The van der Waals surface area contributed by atoms with Gasteiger partial charge in [-0.1, -0.05) is 6.92 Å². The fourth-order valence-electron chi connectivity index (χ4n) is 1.51. The molecule has 0 amide bonds. The van der Waals surface area contributed by atoms with Gasteiger partial charge in [0.05, 0.1) is 18.1 Å². The van der Waals surface area contributed by atoms with Crippen molar-refractivity contribution in [3.05, 3.63) is 34.4 Å². The van der Waals surface area contributed by atoms with Gasteiger partial charge in [0.1, 0.15) is 6.29 Å². The Morgan fingerprint density at radius 2 is 2.25 bits per heavy atom. The number of nitrogens with zero attached hydrogens (tertiary/aromatic N) is 1. The number of carbonyl (C=O) groups excluding carboxylic acids is 1. The Balaban J connectivity index is 3.38. The highest BCUT2D eigenvalue weighted by Crippen LogP contribution is 2.17. The van der Waals surface area contributed by atoms with Crippen molar-refractivity contribution in [3.8, 4) is 6.07 Å². The van der Waals surface area contributed by atoms with Gasteiger partial charge in [-0.25, -0.2) is 0 Å². The van der Waals surface area contributed by atoms with Crippen molar-refractivity contribution in [1.82, 2.24) is 0 Å². The van der Waals surface area contributed by atoms with Gasteiger partial charge in [-0.2, -0.15) is 5.26 Å². The molecule has 4 nitrogen and oxygen atoms in total. The van der Waals surface area contributed by atoms with Crippen molar-refractivity contribution < 1.29 is 14.7 Å². The van der Waals surface area contributed by atoms with Gasteiger partial charge < -0.3 is 5.11 Å². The molecule has 16 heavy (non-hydrogen) atoms. The summed E-state index contributed by atoms with van der Waals surface area (Å²) >= 11 is 0. The third-order valence-electron chi connectivity index (χ3n) is 2.33. The van der Waals surface area contributed by atoms with Crippen LogP contribution < -0.4 is 0 Å². The van der Waals surface area contributed by atoms with Gasteiger partial charge in [-0.3, -0.25) is 9.59 Å². The zero-order valence-electron chi connectivity index (χ0n) is 8.86. The second-order valence-electron chi connectivity index (χ2n) is 3.36. The highest BCUT2D eigenvalue weighted by Gasteiger charge is 2.13. The number of rotatable bonds is 4. The Kier molecular flexibility index (Phi) is 3.78. The third-order valence-corrected chi connectivity index (χ3v) is 2.33. The standard InChI is InChI=1S/C12H11NO3/c1-2-8-3-9(6-13)11(5-12(15)16)10(4-8)7-14/h3-4,7H,2,5H2,1H3,(H,15,16). The number of hydrogen-bond donors (Lipinski definition) is 1. The lowest BCUT2D eigenvalue weighted by Crippen LogP contribution is -2.07. The third kappa shape index (κ3) is 2.45. The van der Waals surface area contributed by atoms with Gasteiger partial charge in [0.2, 0.25) is 0 Å². The van der Waals surface area contributed by atoms with Crippen LogP contribution in [0, 0.1) is 11.3 Å². The first-order valence-corrected chi connectivity index (χ1v) is 4.85. The maximum absolute atomic E-state index is 10.8. The van der Waals surface area contributed by atoms with E-state index in [4.69, 9.17) is 10.4 Å². The van der Waals surface area contributed by atoms with E-state index in [0.29, 0.717) is 23.8 Å². The van der Waals surface area contributed by atoms with Crippen molar-refractivity contribution in [2.45, 2.75) is 19.8 Å².